The topological polar surface area (TPSA) is 128 Å². The molecule has 0 radical (unpaired) electrons. The Morgan fingerprint density at radius 2 is 1.69 bits per heavy atom. The van der Waals surface area contributed by atoms with E-state index in [1.807, 2.05) is 6.07 Å². The van der Waals surface area contributed by atoms with Gasteiger partial charge < -0.3 is 5.11 Å². The van der Waals surface area contributed by atoms with Crippen LogP contribution in [0.1, 0.15) is 31.8 Å². The Hall–Kier alpha value is -3.87. The molecule has 0 saturated heterocycles. The zero-order chi connectivity index (χ0) is 23.0. The molecule has 0 spiro atoms. The number of nitrogens with one attached hydrogen (secondary N) is 1. The van der Waals surface area contributed by atoms with Crippen LogP contribution in [0.25, 0.3) is 0 Å². The van der Waals surface area contributed by atoms with Crippen molar-refractivity contribution in [2.24, 2.45) is 0 Å². The molecule has 2 amide bonds. The average Bonchev–Trinajstić information content (AvgIpc) is 3.02. The van der Waals surface area contributed by atoms with E-state index < -0.39 is 21.8 Å². The van der Waals surface area contributed by atoms with Crippen LogP contribution in [0.4, 0.5) is 5.69 Å². The zero-order valence-corrected chi connectivity index (χ0v) is 17.8. The summed E-state index contributed by atoms with van der Waals surface area (Å²) in [5, 5.41) is 18.5. The second kappa shape index (κ2) is 8.00. The molecule has 1 heterocycles. The van der Waals surface area contributed by atoms with Gasteiger partial charge in [0.1, 0.15) is 5.75 Å². The standard InChI is InChI=1S/C22H14ClN3O5S/c23-17-8-9-18(25-32(30,31)16-6-4-15(27)5-7-16)20-19(17)21(28)26(22(20)29)12-14-3-1-2-13(10-14)11-24/h1-10,25,27H,12H2. The summed E-state index contributed by atoms with van der Waals surface area (Å²) in [5.74, 6) is -1.48. The number of hydrogen-bond donors (Lipinski definition) is 2. The van der Waals surface area contributed by atoms with Gasteiger partial charge in [-0.25, -0.2) is 8.42 Å². The highest BCUT2D eigenvalue weighted by atomic mass is 35.5. The SMILES string of the molecule is N#Cc1cccc(CN2C(=O)c3c(Cl)ccc(NS(=O)(=O)c4ccc(O)cc4)c3C2=O)c1. The molecule has 0 aliphatic carbocycles. The van der Waals surface area contributed by atoms with E-state index in [1.165, 1.54) is 36.4 Å². The van der Waals surface area contributed by atoms with Crippen molar-refractivity contribution < 1.29 is 23.1 Å². The Bertz CT molecular complexity index is 1410. The molecule has 0 aromatic heterocycles. The highest BCUT2D eigenvalue weighted by Crippen LogP contribution is 2.36. The van der Waals surface area contributed by atoms with Crippen LogP contribution in [0.15, 0.2) is 65.6 Å². The van der Waals surface area contributed by atoms with E-state index in [4.69, 9.17) is 16.9 Å². The van der Waals surface area contributed by atoms with Gasteiger partial charge in [-0.15, -0.1) is 0 Å². The smallest absolute Gasteiger partial charge is 0.264 e. The van der Waals surface area contributed by atoms with Gasteiger partial charge >= 0.3 is 0 Å². The van der Waals surface area contributed by atoms with Crippen molar-refractivity contribution in [1.29, 1.82) is 5.26 Å². The Morgan fingerprint density at radius 3 is 2.38 bits per heavy atom. The van der Waals surface area contributed by atoms with Gasteiger partial charge in [0.05, 0.1) is 44.9 Å². The molecule has 1 aliphatic heterocycles. The predicted molar refractivity (Wildman–Crippen MR) is 116 cm³/mol. The number of fused-ring (bicyclic) bond motifs is 1. The van der Waals surface area contributed by atoms with E-state index in [9.17, 15) is 23.1 Å². The van der Waals surface area contributed by atoms with E-state index in [0.29, 0.717) is 11.1 Å². The highest BCUT2D eigenvalue weighted by molar-refractivity contribution is 7.92. The van der Waals surface area contributed by atoms with Crippen molar-refractivity contribution >= 4 is 39.1 Å². The van der Waals surface area contributed by atoms with Crippen LogP contribution in [-0.2, 0) is 16.6 Å². The van der Waals surface area contributed by atoms with Gasteiger partial charge in [0.2, 0.25) is 0 Å². The molecule has 2 N–H and O–H groups in total. The van der Waals surface area contributed by atoms with Crippen molar-refractivity contribution in [2.45, 2.75) is 11.4 Å². The third-order valence-electron chi connectivity index (χ3n) is 4.86. The summed E-state index contributed by atoms with van der Waals surface area (Å²) >= 11 is 6.18. The van der Waals surface area contributed by atoms with Crippen LogP contribution in [0.2, 0.25) is 5.02 Å². The molecule has 0 atom stereocenters. The van der Waals surface area contributed by atoms with Crippen LogP contribution < -0.4 is 4.72 Å². The summed E-state index contributed by atoms with van der Waals surface area (Å²) in [4.78, 5) is 26.9. The van der Waals surface area contributed by atoms with Crippen molar-refractivity contribution in [1.82, 2.24) is 4.90 Å². The number of carbonyl (C=O) groups excluding carboxylic acids is 2. The van der Waals surface area contributed by atoms with Gasteiger partial charge in [0.15, 0.2) is 0 Å². The molecule has 0 saturated carbocycles. The first-order valence-corrected chi connectivity index (χ1v) is 11.1. The van der Waals surface area contributed by atoms with Gasteiger partial charge in [-0.05, 0) is 54.1 Å². The number of nitrogens with zero attached hydrogens (tertiary/aromatic N) is 2. The summed E-state index contributed by atoms with van der Waals surface area (Å²) in [6.45, 7) is -0.109. The number of anilines is 1. The summed E-state index contributed by atoms with van der Waals surface area (Å²) in [7, 11) is -4.11. The average molecular weight is 468 g/mol. The molecule has 32 heavy (non-hydrogen) atoms. The van der Waals surface area contributed by atoms with Crippen LogP contribution in [0.3, 0.4) is 0 Å². The lowest BCUT2D eigenvalue weighted by molar-refractivity contribution is 0.0642. The Labute approximate surface area is 188 Å². The molecule has 0 fully saturated rings. The van der Waals surface area contributed by atoms with Gasteiger partial charge in [-0.1, -0.05) is 23.7 Å². The fourth-order valence-electron chi connectivity index (χ4n) is 3.35. The lowest BCUT2D eigenvalue weighted by Gasteiger charge is -2.14. The van der Waals surface area contributed by atoms with Crippen LogP contribution >= 0.6 is 11.6 Å². The maximum absolute atomic E-state index is 13.1. The molecule has 160 valence electrons. The summed E-state index contributed by atoms with van der Waals surface area (Å²) < 4.78 is 27.8. The van der Waals surface area contributed by atoms with Crippen LogP contribution in [0, 0.1) is 11.3 Å². The monoisotopic (exact) mass is 467 g/mol. The number of imide groups is 1. The fraction of sp³-hybridized carbons (Fsp3) is 0.0455. The number of sulfonamides is 1. The first-order valence-electron chi connectivity index (χ1n) is 9.21. The minimum Gasteiger partial charge on any atom is -0.508 e. The fourth-order valence-corrected chi connectivity index (χ4v) is 4.66. The van der Waals surface area contributed by atoms with Crippen molar-refractivity contribution in [2.75, 3.05) is 4.72 Å². The molecule has 10 heteroatoms. The molecule has 0 unspecified atom stereocenters. The molecule has 3 aromatic rings. The predicted octanol–water partition coefficient (Wildman–Crippen LogP) is 3.51. The first kappa shape index (κ1) is 21.4. The molecular formula is C22H14ClN3O5S. The number of nitriles is 1. The van der Waals surface area contributed by atoms with Crippen LogP contribution in [0.5, 0.6) is 5.75 Å². The molecule has 1 aliphatic rings. The van der Waals surface area contributed by atoms with E-state index in [2.05, 4.69) is 4.72 Å². The van der Waals surface area contributed by atoms with Crippen molar-refractivity contribution in [3.63, 3.8) is 0 Å². The van der Waals surface area contributed by atoms with E-state index >= 15 is 0 Å². The number of phenols is 1. The Morgan fingerprint density at radius 1 is 1.00 bits per heavy atom. The molecule has 0 bridgehead atoms. The van der Waals surface area contributed by atoms with Crippen molar-refractivity contribution in [3.8, 4) is 11.8 Å². The third kappa shape index (κ3) is 3.77. The largest absolute Gasteiger partial charge is 0.508 e. The molecular weight excluding hydrogens is 454 g/mol. The number of benzene rings is 3. The Kier molecular flexibility index (Phi) is 5.34. The summed E-state index contributed by atoms with van der Waals surface area (Å²) in [6, 6.07) is 15.9. The van der Waals surface area contributed by atoms with Crippen LogP contribution in [-0.4, -0.2) is 30.2 Å². The minimum absolute atomic E-state index is 0.0132. The lowest BCUT2D eigenvalue weighted by Crippen LogP contribution is -2.29. The Balaban J connectivity index is 1.71. The quantitative estimate of drug-likeness (QED) is 0.552. The number of phenolic OH excluding ortho intramolecular Hbond substituents is 1. The zero-order valence-electron chi connectivity index (χ0n) is 16.2. The maximum atomic E-state index is 13.1. The van der Waals surface area contributed by atoms with Gasteiger partial charge in [-0.3, -0.25) is 19.2 Å². The maximum Gasteiger partial charge on any atom is 0.264 e. The number of rotatable bonds is 5. The van der Waals surface area contributed by atoms with Crippen molar-refractivity contribution in [3.05, 3.63) is 87.9 Å². The number of amides is 2. The number of carbonyl (C=O) groups is 2. The van der Waals surface area contributed by atoms with E-state index in [1.54, 1.807) is 24.3 Å². The van der Waals surface area contributed by atoms with Gasteiger partial charge in [-0.2, -0.15) is 5.26 Å². The highest BCUT2D eigenvalue weighted by Gasteiger charge is 2.40. The van der Waals surface area contributed by atoms with E-state index in [0.717, 1.165) is 4.90 Å². The molecule has 3 aromatic carbocycles. The lowest BCUT2D eigenvalue weighted by atomic mass is 10.1. The molecule has 4 rings (SSSR count). The van der Waals surface area contributed by atoms with E-state index in [-0.39, 0.29) is 39.0 Å². The molecule has 8 nitrogen and oxygen atoms in total. The summed E-state index contributed by atoms with van der Waals surface area (Å²) in [5.41, 5.74) is 0.588. The van der Waals surface area contributed by atoms with Gasteiger partial charge in [0.25, 0.3) is 21.8 Å². The third-order valence-corrected chi connectivity index (χ3v) is 6.56. The number of aromatic hydroxyl groups is 1. The normalized spacial score (nSPS) is 13.1. The summed E-state index contributed by atoms with van der Waals surface area (Å²) in [6.07, 6.45) is 0. The van der Waals surface area contributed by atoms with Gasteiger partial charge in [0, 0.05) is 0 Å². The number of halogens is 1. The number of hydrogen-bond acceptors (Lipinski definition) is 6. The second-order valence-electron chi connectivity index (χ2n) is 6.95. The minimum atomic E-state index is -4.11. The first-order chi connectivity index (χ1) is 15.2. The second-order valence-corrected chi connectivity index (χ2v) is 9.04.